The molecule has 1 aliphatic heterocycles. The predicted molar refractivity (Wildman–Crippen MR) is 131 cm³/mol. The lowest BCUT2D eigenvalue weighted by Crippen LogP contribution is -2.32. The van der Waals surface area contributed by atoms with Gasteiger partial charge in [-0.1, -0.05) is 42.5 Å². The zero-order chi connectivity index (χ0) is 22.9. The number of hydrogen-bond donors (Lipinski definition) is 1. The maximum atomic E-state index is 13.7. The number of anilines is 2. The van der Waals surface area contributed by atoms with Crippen LogP contribution >= 0.6 is 11.3 Å². The molecule has 0 saturated heterocycles. The maximum absolute atomic E-state index is 13.7. The molecule has 0 atom stereocenters. The van der Waals surface area contributed by atoms with Crippen molar-refractivity contribution in [1.29, 1.82) is 0 Å². The molecule has 1 aliphatic rings. The normalized spacial score (nSPS) is 13.7. The van der Waals surface area contributed by atoms with Gasteiger partial charge in [0, 0.05) is 22.0 Å². The zero-order valence-electron chi connectivity index (χ0n) is 18.0. The van der Waals surface area contributed by atoms with Crippen LogP contribution in [-0.4, -0.2) is 26.0 Å². The van der Waals surface area contributed by atoms with Gasteiger partial charge in [-0.25, -0.2) is 4.90 Å². The van der Waals surface area contributed by atoms with Crippen molar-refractivity contribution in [3.8, 4) is 11.5 Å². The van der Waals surface area contributed by atoms with Gasteiger partial charge < -0.3 is 14.8 Å². The number of nitrogens with one attached hydrogen (secondary N) is 1. The Morgan fingerprint density at radius 3 is 2.42 bits per heavy atom. The highest BCUT2D eigenvalue weighted by atomic mass is 32.1. The Morgan fingerprint density at radius 2 is 1.67 bits per heavy atom. The van der Waals surface area contributed by atoms with Gasteiger partial charge in [0.05, 0.1) is 25.5 Å². The summed E-state index contributed by atoms with van der Waals surface area (Å²) >= 11 is 1.41. The second-order valence-corrected chi connectivity index (χ2v) is 8.31. The summed E-state index contributed by atoms with van der Waals surface area (Å²) in [6, 6.07) is 22.4. The molecule has 0 saturated carbocycles. The molecule has 4 aromatic rings. The van der Waals surface area contributed by atoms with Crippen LogP contribution in [0.4, 0.5) is 11.4 Å². The third-order valence-electron chi connectivity index (χ3n) is 5.53. The summed E-state index contributed by atoms with van der Waals surface area (Å²) in [7, 11) is 3.04. The van der Waals surface area contributed by atoms with Crippen LogP contribution in [0.5, 0.6) is 11.5 Å². The Hall–Kier alpha value is -4.10. The number of rotatable bonds is 6. The monoisotopic (exact) mass is 456 g/mol. The first-order valence-electron chi connectivity index (χ1n) is 10.3. The van der Waals surface area contributed by atoms with Crippen LogP contribution in [0.1, 0.15) is 4.88 Å². The fourth-order valence-electron chi connectivity index (χ4n) is 3.95. The molecule has 3 aromatic carbocycles. The molecule has 1 aromatic heterocycles. The van der Waals surface area contributed by atoms with Crippen LogP contribution in [0.2, 0.25) is 0 Å². The maximum Gasteiger partial charge on any atom is 0.282 e. The van der Waals surface area contributed by atoms with Crippen molar-refractivity contribution in [2.75, 3.05) is 24.4 Å². The Bertz CT molecular complexity index is 1400. The van der Waals surface area contributed by atoms with E-state index in [4.69, 9.17) is 9.47 Å². The number of fused-ring (bicyclic) bond motifs is 1. The number of imide groups is 1. The number of nitrogens with zero attached hydrogens (tertiary/aromatic N) is 1. The third-order valence-corrected chi connectivity index (χ3v) is 6.42. The Kier molecular flexibility index (Phi) is 5.32. The first-order chi connectivity index (χ1) is 16.1. The molecule has 1 N–H and O–H groups in total. The van der Waals surface area contributed by atoms with Crippen LogP contribution in [-0.2, 0) is 9.59 Å². The van der Waals surface area contributed by atoms with Gasteiger partial charge in [-0.3, -0.25) is 9.59 Å². The first kappa shape index (κ1) is 20.8. The molecular formula is C26H20N2O4S. The van der Waals surface area contributed by atoms with E-state index in [2.05, 4.69) is 5.32 Å². The van der Waals surface area contributed by atoms with Gasteiger partial charge in [0.1, 0.15) is 17.2 Å². The molecule has 5 rings (SSSR count). The summed E-state index contributed by atoms with van der Waals surface area (Å²) in [6.45, 7) is 0. The molecule has 33 heavy (non-hydrogen) atoms. The van der Waals surface area contributed by atoms with Crippen LogP contribution in [0.25, 0.3) is 16.3 Å². The smallest absolute Gasteiger partial charge is 0.282 e. The second kappa shape index (κ2) is 8.44. The number of amides is 2. The van der Waals surface area contributed by atoms with Crippen LogP contribution in [0.15, 0.2) is 83.9 Å². The van der Waals surface area contributed by atoms with Crippen molar-refractivity contribution in [2.45, 2.75) is 0 Å². The minimum absolute atomic E-state index is 0.233. The molecule has 0 bridgehead atoms. The summed E-state index contributed by atoms with van der Waals surface area (Å²) < 4.78 is 10.7. The molecular weight excluding hydrogens is 436 g/mol. The summed E-state index contributed by atoms with van der Waals surface area (Å²) in [4.78, 5) is 29.2. The van der Waals surface area contributed by atoms with Gasteiger partial charge in [0.15, 0.2) is 0 Å². The number of carbonyl (C=O) groups is 2. The molecule has 0 aliphatic carbocycles. The highest BCUT2D eigenvalue weighted by Crippen LogP contribution is 2.40. The molecule has 164 valence electrons. The number of benzene rings is 3. The van der Waals surface area contributed by atoms with Crippen LogP contribution in [0, 0.1) is 0 Å². The quantitative estimate of drug-likeness (QED) is 0.398. The zero-order valence-corrected chi connectivity index (χ0v) is 18.8. The number of methoxy groups -OCH3 is 2. The standard InChI is InChI=1S/C26H20N2O4S/c1-31-17-12-13-20(21(15-17)32-2)28-25(29)23(22-11-6-14-33-22)24(26(28)30)27-19-10-5-8-16-7-3-4-9-18(16)19/h3-15,27H,1-2H3. The second-order valence-electron chi connectivity index (χ2n) is 7.36. The molecule has 0 spiro atoms. The van der Waals surface area contributed by atoms with E-state index in [1.165, 1.54) is 18.4 Å². The predicted octanol–water partition coefficient (Wildman–Crippen LogP) is 5.32. The van der Waals surface area contributed by atoms with Gasteiger partial charge in [-0.05, 0) is 35.0 Å². The van der Waals surface area contributed by atoms with Gasteiger partial charge in [-0.2, -0.15) is 0 Å². The van der Waals surface area contributed by atoms with E-state index in [0.717, 1.165) is 21.4 Å². The van der Waals surface area contributed by atoms with Crippen LogP contribution < -0.4 is 19.7 Å². The lowest BCUT2D eigenvalue weighted by molar-refractivity contribution is -0.120. The largest absolute Gasteiger partial charge is 0.497 e. The molecule has 6 nitrogen and oxygen atoms in total. The van der Waals surface area contributed by atoms with Crippen LogP contribution in [0.3, 0.4) is 0 Å². The SMILES string of the molecule is COc1ccc(N2C(=O)C(Nc3cccc4ccccc34)=C(c3cccs3)C2=O)c(OC)c1. The highest BCUT2D eigenvalue weighted by Gasteiger charge is 2.42. The van der Waals surface area contributed by atoms with E-state index in [-0.39, 0.29) is 5.70 Å². The minimum atomic E-state index is -0.445. The molecule has 7 heteroatoms. The average Bonchev–Trinajstić information content (AvgIpc) is 3.45. The van der Waals surface area contributed by atoms with Crippen molar-refractivity contribution in [1.82, 2.24) is 0 Å². The topological polar surface area (TPSA) is 67.9 Å². The van der Waals surface area contributed by atoms with Crippen molar-refractivity contribution < 1.29 is 19.1 Å². The number of hydrogen-bond acceptors (Lipinski definition) is 6. The fourth-order valence-corrected chi connectivity index (χ4v) is 4.72. The number of carbonyl (C=O) groups excluding carboxylic acids is 2. The van der Waals surface area contributed by atoms with E-state index in [1.54, 1.807) is 25.3 Å². The van der Waals surface area contributed by atoms with Gasteiger partial charge in [-0.15, -0.1) is 11.3 Å². The summed E-state index contributed by atoms with van der Waals surface area (Å²) in [5, 5.41) is 7.14. The Morgan fingerprint density at radius 1 is 0.848 bits per heavy atom. The van der Waals surface area contributed by atoms with Gasteiger partial charge in [0.25, 0.3) is 11.8 Å². The Labute approximate surface area is 194 Å². The van der Waals surface area contributed by atoms with E-state index in [1.807, 2.05) is 60.0 Å². The highest BCUT2D eigenvalue weighted by molar-refractivity contribution is 7.11. The van der Waals surface area contributed by atoms with Crippen molar-refractivity contribution in [2.24, 2.45) is 0 Å². The third kappa shape index (κ3) is 3.52. The molecule has 2 amide bonds. The average molecular weight is 457 g/mol. The van der Waals surface area contributed by atoms with Crippen molar-refractivity contribution in [3.05, 3.63) is 88.8 Å². The molecule has 0 radical (unpaired) electrons. The molecule has 0 unspecified atom stereocenters. The fraction of sp³-hybridized carbons (Fsp3) is 0.0769. The number of thiophene rings is 1. The first-order valence-corrected chi connectivity index (χ1v) is 11.1. The minimum Gasteiger partial charge on any atom is -0.497 e. The summed E-state index contributed by atoms with van der Waals surface area (Å²) in [5.41, 5.74) is 1.68. The van der Waals surface area contributed by atoms with Crippen molar-refractivity contribution in [3.63, 3.8) is 0 Å². The summed E-state index contributed by atoms with van der Waals surface area (Å²) in [6.07, 6.45) is 0. The van der Waals surface area contributed by atoms with E-state index >= 15 is 0 Å². The van der Waals surface area contributed by atoms with E-state index in [0.29, 0.717) is 27.6 Å². The number of ether oxygens (including phenoxy) is 2. The van der Waals surface area contributed by atoms with Crippen molar-refractivity contribution >= 4 is 50.9 Å². The summed E-state index contributed by atoms with van der Waals surface area (Å²) in [5.74, 6) is 0.0803. The lowest BCUT2D eigenvalue weighted by atomic mass is 10.1. The Balaban J connectivity index is 1.64. The van der Waals surface area contributed by atoms with Gasteiger partial charge >= 0.3 is 0 Å². The van der Waals surface area contributed by atoms with Gasteiger partial charge in [0.2, 0.25) is 0 Å². The molecule has 0 fully saturated rings. The van der Waals surface area contributed by atoms with E-state index < -0.39 is 11.8 Å². The molecule has 2 heterocycles. The lowest BCUT2D eigenvalue weighted by Gasteiger charge is -2.19. The van der Waals surface area contributed by atoms with E-state index in [9.17, 15) is 9.59 Å².